The van der Waals surface area contributed by atoms with Crippen LogP contribution in [0.4, 0.5) is 5.69 Å². The third-order valence-corrected chi connectivity index (χ3v) is 2.57. The number of carbonyl (C=O) groups excluding carboxylic acids is 2. The minimum Gasteiger partial charge on any atom is -0.464 e. The molecule has 1 aromatic carbocycles. The second-order valence-electron chi connectivity index (χ2n) is 3.76. The maximum absolute atomic E-state index is 11.9. The molecule has 6 nitrogen and oxygen atoms in total. The number of nitrogens with zero attached hydrogens (tertiary/aromatic N) is 1. The summed E-state index contributed by atoms with van der Waals surface area (Å²) in [5.41, 5.74) is 3.18. The van der Waals surface area contributed by atoms with Gasteiger partial charge in [-0.1, -0.05) is 29.8 Å². The Labute approximate surface area is 127 Å². The molecule has 1 aromatic rings. The van der Waals surface area contributed by atoms with Gasteiger partial charge in [0.1, 0.15) is 0 Å². The van der Waals surface area contributed by atoms with Gasteiger partial charge in [0.15, 0.2) is 0 Å². The van der Waals surface area contributed by atoms with E-state index in [4.69, 9.17) is 16.3 Å². The van der Waals surface area contributed by atoms with E-state index in [1.54, 1.807) is 30.3 Å². The van der Waals surface area contributed by atoms with Crippen LogP contribution in [0, 0.1) is 0 Å². The smallest absolute Gasteiger partial charge is 0.370 e. The zero-order valence-corrected chi connectivity index (χ0v) is 12.2. The van der Waals surface area contributed by atoms with E-state index in [2.05, 4.69) is 21.8 Å². The molecule has 0 unspecified atom stereocenters. The summed E-state index contributed by atoms with van der Waals surface area (Å²) in [6, 6.07) is 6.56. The number of halogens is 1. The number of nitrogens with one attached hydrogen (secondary N) is 1. The molecule has 0 spiro atoms. The lowest BCUT2D eigenvalue weighted by Gasteiger charge is -2.08. The first-order valence-electron chi connectivity index (χ1n) is 6.04. The van der Waals surface area contributed by atoms with Crippen molar-refractivity contribution in [1.29, 1.82) is 0 Å². The molecule has 112 valence electrons. The normalized spacial score (nSPS) is 10.7. The Morgan fingerprint density at radius 3 is 2.81 bits per heavy atom. The van der Waals surface area contributed by atoms with Gasteiger partial charge >= 0.3 is 11.9 Å². The Bertz CT molecular complexity index is 558. The standard InChI is InChI=1S/C14H15ClN2O4/c1-3-4-9-21-13(18)10-7-5-6-8-11(10)16-17-12(15)14(19)20-2/h3,5-8,16H,1,4,9H2,2H3/b17-12+. The van der Waals surface area contributed by atoms with Crippen LogP contribution in [0.1, 0.15) is 16.8 Å². The lowest BCUT2D eigenvalue weighted by Crippen LogP contribution is -2.13. The number of hydrogen-bond donors (Lipinski definition) is 1. The number of esters is 2. The van der Waals surface area contributed by atoms with E-state index in [1.807, 2.05) is 0 Å². The predicted molar refractivity (Wildman–Crippen MR) is 80.5 cm³/mol. The maximum atomic E-state index is 11.9. The van der Waals surface area contributed by atoms with Gasteiger partial charge in [-0.15, -0.1) is 6.58 Å². The molecule has 0 aromatic heterocycles. The van der Waals surface area contributed by atoms with Gasteiger partial charge in [-0.2, -0.15) is 5.10 Å². The molecular formula is C14H15ClN2O4. The van der Waals surface area contributed by atoms with Crippen LogP contribution in [-0.2, 0) is 14.3 Å². The lowest BCUT2D eigenvalue weighted by molar-refractivity contribution is -0.132. The van der Waals surface area contributed by atoms with Gasteiger partial charge < -0.3 is 9.47 Å². The molecule has 1 rings (SSSR count). The lowest BCUT2D eigenvalue weighted by atomic mass is 10.2. The quantitative estimate of drug-likeness (QED) is 0.275. The number of rotatable bonds is 7. The molecule has 0 aliphatic rings. The number of hydrogen-bond acceptors (Lipinski definition) is 6. The summed E-state index contributed by atoms with van der Waals surface area (Å²) in [5.74, 6) is -1.29. The SMILES string of the molecule is C=CCCOC(=O)c1ccccc1N/N=C(/Cl)C(=O)OC. The Balaban J connectivity index is 2.82. The number of methoxy groups -OCH3 is 1. The highest BCUT2D eigenvalue weighted by molar-refractivity contribution is 6.82. The number of hydrazone groups is 1. The number of ether oxygens (including phenoxy) is 2. The fraction of sp³-hybridized carbons (Fsp3) is 0.214. The second-order valence-corrected chi connectivity index (χ2v) is 4.12. The van der Waals surface area contributed by atoms with Crippen LogP contribution in [0.5, 0.6) is 0 Å². The number of para-hydroxylation sites is 1. The van der Waals surface area contributed by atoms with Gasteiger partial charge in [0.2, 0.25) is 5.17 Å². The number of anilines is 1. The van der Waals surface area contributed by atoms with Crippen LogP contribution in [0.2, 0.25) is 0 Å². The fourth-order valence-corrected chi connectivity index (χ4v) is 1.43. The van der Waals surface area contributed by atoms with Crippen molar-refractivity contribution < 1.29 is 19.1 Å². The Morgan fingerprint density at radius 1 is 1.43 bits per heavy atom. The van der Waals surface area contributed by atoms with Crippen molar-refractivity contribution in [2.75, 3.05) is 19.1 Å². The van der Waals surface area contributed by atoms with Crippen LogP contribution in [-0.4, -0.2) is 30.8 Å². The van der Waals surface area contributed by atoms with Gasteiger partial charge in [-0.05, 0) is 18.6 Å². The topological polar surface area (TPSA) is 77.0 Å². The monoisotopic (exact) mass is 310 g/mol. The second kappa shape index (κ2) is 8.76. The number of carbonyl (C=O) groups is 2. The summed E-state index contributed by atoms with van der Waals surface area (Å²) in [4.78, 5) is 23.0. The van der Waals surface area contributed by atoms with Crippen LogP contribution >= 0.6 is 11.6 Å². The molecule has 0 aliphatic carbocycles. The zero-order valence-electron chi connectivity index (χ0n) is 11.5. The minimum absolute atomic E-state index is 0.239. The minimum atomic E-state index is -0.782. The first-order valence-corrected chi connectivity index (χ1v) is 6.42. The van der Waals surface area contributed by atoms with Crippen LogP contribution < -0.4 is 5.43 Å². The van der Waals surface area contributed by atoms with E-state index in [-0.39, 0.29) is 17.3 Å². The van der Waals surface area contributed by atoms with E-state index in [9.17, 15) is 9.59 Å². The molecule has 0 radical (unpaired) electrons. The van der Waals surface area contributed by atoms with Gasteiger partial charge in [0, 0.05) is 0 Å². The Kier molecular flexibility index (Phi) is 6.97. The summed E-state index contributed by atoms with van der Waals surface area (Å²) in [7, 11) is 1.19. The van der Waals surface area contributed by atoms with Crippen molar-refractivity contribution >= 4 is 34.4 Å². The molecule has 0 aliphatic heterocycles. The fourth-order valence-electron chi connectivity index (χ4n) is 1.31. The zero-order chi connectivity index (χ0) is 15.7. The summed E-state index contributed by atoms with van der Waals surface area (Å²) in [6.45, 7) is 3.78. The number of benzene rings is 1. The van der Waals surface area contributed by atoms with E-state index in [0.29, 0.717) is 12.1 Å². The third kappa shape index (κ3) is 5.27. The predicted octanol–water partition coefficient (Wildman–Crippen LogP) is 2.56. The molecule has 0 atom stereocenters. The highest BCUT2D eigenvalue weighted by Crippen LogP contribution is 2.16. The molecule has 0 fully saturated rings. The van der Waals surface area contributed by atoms with Crippen molar-refractivity contribution in [2.24, 2.45) is 5.10 Å². The van der Waals surface area contributed by atoms with E-state index < -0.39 is 11.9 Å². The molecule has 21 heavy (non-hydrogen) atoms. The van der Waals surface area contributed by atoms with Crippen molar-refractivity contribution in [3.8, 4) is 0 Å². The Hall–Kier alpha value is -2.34. The van der Waals surface area contributed by atoms with Gasteiger partial charge in [0.05, 0.1) is 25.0 Å². The maximum Gasteiger partial charge on any atom is 0.370 e. The third-order valence-electron chi connectivity index (χ3n) is 2.33. The summed E-state index contributed by atoms with van der Waals surface area (Å²) in [5, 5.41) is 3.26. The average molecular weight is 311 g/mol. The van der Waals surface area contributed by atoms with Crippen molar-refractivity contribution in [1.82, 2.24) is 0 Å². The largest absolute Gasteiger partial charge is 0.464 e. The highest BCUT2D eigenvalue weighted by atomic mass is 35.5. The van der Waals surface area contributed by atoms with E-state index in [0.717, 1.165) is 0 Å². The van der Waals surface area contributed by atoms with Crippen molar-refractivity contribution in [2.45, 2.75) is 6.42 Å². The first kappa shape index (κ1) is 16.7. The molecule has 0 heterocycles. The molecule has 0 saturated heterocycles. The molecule has 0 bridgehead atoms. The molecule has 1 N–H and O–H groups in total. The Morgan fingerprint density at radius 2 is 2.14 bits per heavy atom. The van der Waals surface area contributed by atoms with E-state index >= 15 is 0 Å². The van der Waals surface area contributed by atoms with E-state index in [1.165, 1.54) is 7.11 Å². The highest BCUT2D eigenvalue weighted by Gasteiger charge is 2.13. The van der Waals surface area contributed by atoms with Crippen LogP contribution in [0.25, 0.3) is 0 Å². The molecule has 0 saturated carbocycles. The van der Waals surface area contributed by atoms with Crippen molar-refractivity contribution in [3.05, 3.63) is 42.5 Å². The summed E-state index contributed by atoms with van der Waals surface area (Å²) in [6.07, 6.45) is 2.21. The van der Waals surface area contributed by atoms with Crippen LogP contribution in [0.3, 0.4) is 0 Å². The van der Waals surface area contributed by atoms with Gasteiger partial charge in [-0.3, -0.25) is 5.43 Å². The molecular weight excluding hydrogens is 296 g/mol. The summed E-state index contributed by atoms with van der Waals surface area (Å²) >= 11 is 5.60. The van der Waals surface area contributed by atoms with Crippen molar-refractivity contribution in [3.63, 3.8) is 0 Å². The molecule has 0 amide bonds. The van der Waals surface area contributed by atoms with Crippen LogP contribution in [0.15, 0.2) is 42.0 Å². The average Bonchev–Trinajstić information content (AvgIpc) is 2.52. The summed E-state index contributed by atoms with van der Waals surface area (Å²) < 4.78 is 9.46. The van der Waals surface area contributed by atoms with Gasteiger partial charge in [0.25, 0.3) is 0 Å². The van der Waals surface area contributed by atoms with Gasteiger partial charge in [-0.25, -0.2) is 9.59 Å². The first-order chi connectivity index (χ1) is 10.1. The molecule has 7 heteroatoms.